The first-order chi connectivity index (χ1) is 13.2. The van der Waals surface area contributed by atoms with Crippen LogP contribution in [-0.4, -0.2) is 25.2 Å². The molecule has 2 N–H and O–H groups in total. The number of nitrogens with zero attached hydrogens (tertiary/aromatic N) is 1. The van der Waals surface area contributed by atoms with E-state index >= 15 is 0 Å². The van der Waals surface area contributed by atoms with Crippen LogP contribution in [0.2, 0.25) is 0 Å². The van der Waals surface area contributed by atoms with E-state index in [1.165, 1.54) is 18.3 Å². The topological polar surface area (TPSA) is 105 Å². The number of aryl methyl sites for hydroxylation is 1. The lowest BCUT2D eigenvalue weighted by molar-refractivity contribution is -0.119. The van der Waals surface area contributed by atoms with Crippen molar-refractivity contribution >= 4 is 21.8 Å². The molecular weight excluding hydrogens is 378 g/mol. The molecule has 28 heavy (non-hydrogen) atoms. The fourth-order valence-corrected chi connectivity index (χ4v) is 3.28. The molecule has 0 radical (unpaired) electrons. The van der Waals surface area contributed by atoms with Crippen LogP contribution in [0, 0.1) is 12.8 Å². The van der Waals surface area contributed by atoms with Gasteiger partial charge in [0.25, 0.3) is 15.9 Å². The van der Waals surface area contributed by atoms with Crippen molar-refractivity contribution in [3.8, 4) is 0 Å². The predicted molar refractivity (Wildman–Crippen MR) is 106 cm³/mol. The summed E-state index contributed by atoms with van der Waals surface area (Å²) in [7, 11) is -4.05. The Morgan fingerprint density at radius 3 is 2.32 bits per heavy atom. The summed E-state index contributed by atoms with van der Waals surface area (Å²) < 4.78 is 26.4. The molecule has 0 unspecified atom stereocenters. The van der Waals surface area contributed by atoms with Gasteiger partial charge >= 0.3 is 0 Å². The molecule has 0 fully saturated rings. The first-order valence-corrected chi connectivity index (χ1v) is 10.5. The van der Waals surface area contributed by atoms with Gasteiger partial charge in [-0.2, -0.15) is 8.42 Å². The van der Waals surface area contributed by atoms with Crippen molar-refractivity contribution in [1.82, 2.24) is 15.0 Å². The second-order valence-electron chi connectivity index (χ2n) is 7.01. The van der Waals surface area contributed by atoms with Crippen molar-refractivity contribution in [3.05, 3.63) is 59.3 Å². The second-order valence-corrected chi connectivity index (χ2v) is 8.64. The van der Waals surface area contributed by atoms with Gasteiger partial charge in [0.15, 0.2) is 5.03 Å². The van der Waals surface area contributed by atoms with E-state index in [2.05, 4.69) is 10.3 Å². The van der Waals surface area contributed by atoms with Crippen LogP contribution in [0.5, 0.6) is 0 Å². The number of rotatable bonds is 8. The Morgan fingerprint density at radius 1 is 1.07 bits per heavy atom. The molecule has 2 amide bonds. The fraction of sp³-hybridized carbons (Fsp3) is 0.350. The van der Waals surface area contributed by atoms with E-state index in [-0.39, 0.29) is 22.9 Å². The minimum Gasteiger partial charge on any atom is -0.348 e. The van der Waals surface area contributed by atoms with E-state index in [1.54, 1.807) is 0 Å². The normalized spacial score (nSPS) is 11.3. The number of aromatic nitrogens is 1. The molecule has 150 valence electrons. The van der Waals surface area contributed by atoms with Crippen LogP contribution in [0.3, 0.4) is 0 Å². The van der Waals surface area contributed by atoms with Crippen LogP contribution in [0.25, 0.3) is 0 Å². The molecule has 0 spiro atoms. The highest BCUT2D eigenvalue weighted by Crippen LogP contribution is 2.09. The molecular formula is C20H25N3O4S. The second kappa shape index (κ2) is 9.45. The maximum absolute atomic E-state index is 12.2. The van der Waals surface area contributed by atoms with Crippen molar-refractivity contribution in [2.45, 2.75) is 45.2 Å². The van der Waals surface area contributed by atoms with Crippen molar-refractivity contribution in [2.75, 3.05) is 0 Å². The maximum Gasteiger partial charge on any atom is 0.281 e. The highest BCUT2D eigenvalue weighted by molar-refractivity contribution is 7.90. The Labute approximate surface area is 165 Å². The number of sulfonamides is 1. The molecule has 0 saturated carbocycles. The quantitative estimate of drug-likeness (QED) is 0.705. The number of nitrogens with one attached hydrogen (secondary N) is 2. The SMILES string of the molecule is Cc1ccc(CNC(=O)c2ccc(S(=O)(=O)NC(=O)CCC(C)C)nc2)cc1. The van der Waals surface area contributed by atoms with Crippen LogP contribution >= 0.6 is 0 Å². The number of benzene rings is 1. The number of carbonyl (C=O) groups is 2. The average Bonchev–Trinajstić information content (AvgIpc) is 2.65. The van der Waals surface area contributed by atoms with E-state index in [9.17, 15) is 18.0 Å². The summed E-state index contributed by atoms with van der Waals surface area (Å²) in [6.07, 6.45) is 1.89. The summed E-state index contributed by atoms with van der Waals surface area (Å²) in [5.41, 5.74) is 2.32. The maximum atomic E-state index is 12.2. The van der Waals surface area contributed by atoms with Gasteiger partial charge in [-0.05, 0) is 37.0 Å². The zero-order chi connectivity index (χ0) is 20.7. The lowest BCUT2D eigenvalue weighted by atomic mass is 10.1. The number of amides is 2. The molecule has 0 atom stereocenters. The third kappa shape index (κ3) is 6.45. The summed E-state index contributed by atoms with van der Waals surface area (Å²) >= 11 is 0. The van der Waals surface area contributed by atoms with Gasteiger partial charge in [0.05, 0.1) is 5.56 Å². The van der Waals surface area contributed by atoms with E-state index in [0.717, 1.165) is 11.1 Å². The van der Waals surface area contributed by atoms with Crippen molar-refractivity contribution in [2.24, 2.45) is 5.92 Å². The fourth-order valence-electron chi connectivity index (χ4n) is 2.34. The largest absolute Gasteiger partial charge is 0.348 e. The van der Waals surface area contributed by atoms with Crippen molar-refractivity contribution < 1.29 is 18.0 Å². The van der Waals surface area contributed by atoms with Crippen molar-refractivity contribution in [3.63, 3.8) is 0 Å². The zero-order valence-electron chi connectivity index (χ0n) is 16.2. The van der Waals surface area contributed by atoms with Gasteiger partial charge in [-0.3, -0.25) is 9.59 Å². The minimum absolute atomic E-state index is 0.121. The summed E-state index contributed by atoms with van der Waals surface area (Å²) in [4.78, 5) is 27.8. The lowest BCUT2D eigenvalue weighted by Gasteiger charge is -2.09. The molecule has 8 heteroatoms. The summed E-state index contributed by atoms with van der Waals surface area (Å²) in [5, 5.41) is 2.45. The molecule has 0 aliphatic heterocycles. The van der Waals surface area contributed by atoms with Gasteiger partial charge in [0.1, 0.15) is 0 Å². The summed E-state index contributed by atoms with van der Waals surface area (Å²) in [5.74, 6) is -0.641. The van der Waals surface area contributed by atoms with Gasteiger partial charge in [0.2, 0.25) is 5.91 Å². The Kier molecular flexibility index (Phi) is 7.28. The standard InChI is InChI=1S/C20H25N3O4S/c1-14(2)4-10-18(24)23-28(26,27)19-11-9-17(13-21-19)20(25)22-12-16-7-5-15(3)6-8-16/h5-9,11,13-14H,4,10,12H2,1-3H3,(H,22,25)(H,23,24). The zero-order valence-corrected chi connectivity index (χ0v) is 17.0. The van der Waals surface area contributed by atoms with Gasteiger partial charge in [-0.15, -0.1) is 0 Å². The number of pyridine rings is 1. The first-order valence-electron chi connectivity index (χ1n) is 9.03. The van der Waals surface area contributed by atoms with Crippen LogP contribution in [0.15, 0.2) is 47.6 Å². The van der Waals surface area contributed by atoms with E-state index in [0.29, 0.717) is 18.9 Å². The Hall–Kier alpha value is -2.74. The first kappa shape index (κ1) is 21.6. The average molecular weight is 404 g/mol. The Morgan fingerprint density at radius 2 is 1.75 bits per heavy atom. The van der Waals surface area contributed by atoms with Crippen LogP contribution in [0.1, 0.15) is 48.2 Å². The predicted octanol–water partition coefficient (Wildman–Crippen LogP) is 2.56. The van der Waals surface area contributed by atoms with Gasteiger partial charge in [-0.1, -0.05) is 43.7 Å². The highest BCUT2D eigenvalue weighted by atomic mass is 32.2. The van der Waals surface area contributed by atoms with E-state index < -0.39 is 15.9 Å². The molecule has 2 aromatic rings. The third-order valence-corrected chi connectivity index (χ3v) is 5.33. The summed E-state index contributed by atoms with van der Waals surface area (Å²) in [6, 6.07) is 10.3. The highest BCUT2D eigenvalue weighted by Gasteiger charge is 2.19. The van der Waals surface area contributed by atoms with Gasteiger partial charge in [-0.25, -0.2) is 9.71 Å². The van der Waals surface area contributed by atoms with Crippen LogP contribution < -0.4 is 10.0 Å². The molecule has 0 aliphatic carbocycles. The molecule has 1 aromatic carbocycles. The number of hydrogen-bond acceptors (Lipinski definition) is 5. The van der Waals surface area contributed by atoms with Gasteiger partial charge < -0.3 is 5.32 Å². The van der Waals surface area contributed by atoms with Crippen LogP contribution in [0.4, 0.5) is 0 Å². The third-order valence-electron chi connectivity index (χ3n) is 4.04. The smallest absolute Gasteiger partial charge is 0.281 e. The molecule has 0 saturated heterocycles. The Bertz CT molecular complexity index is 921. The van der Waals surface area contributed by atoms with E-state index in [1.807, 2.05) is 49.8 Å². The van der Waals surface area contributed by atoms with Crippen LogP contribution in [-0.2, 0) is 21.4 Å². The molecule has 2 rings (SSSR count). The van der Waals surface area contributed by atoms with E-state index in [4.69, 9.17) is 0 Å². The molecule has 7 nitrogen and oxygen atoms in total. The monoisotopic (exact) mass is 403 g/mol. The minimum atomic E-state index is -4.05. The summed E-state index contributed by atoms with van der Waals surface area (Å²) in [6.45, 7) is 6.24. The van der Waals surface area contributed by atoms with Gasteiger partial charge in [0, 0.05) is 19.2 Å². The van der Waals surface area contributed by atoms with Crippen molar-refractivity contribution in [1.29, 1.82) is 0 Å². The molecule has 0 bridgehead atoms. The molecule has 1 aromatic heterocycles. The molecule has 0 aliphatic rings. The number of carbonyl (C=O) groups excluding carboxylic acids is 2. The molecule has 1 heterocycles. The number of hydrogen-bond donors (Lipinski definition) is 2. The Balaban J connectivity index is 1.96. The lowest BCUT2D eigenvalue weighted by Crippen LogP contribution is -2.31.